The Kier molecular flexibility index (Phi) is 8.73. The summed E-state index contributed by atoms with van der Waals surface area (Å²) in [7, 11) is -1.34. The largest absolute Gasteiger partial charge is 0.374 e. The average Bonchev–Trinajstić information content (AvgIpc) is 3.28. The van der Waals surface area contributed by atoms with E-state index in [1.54, 1.807) is 11.8 Å². The number of sulfonamides is 1. The number of ether oxygens (including phenoxy) is 1. The fraction of sp³-hybridized carbons (Fsp3) is 0.548. The van der Waals surface area contributed by atoms with Gasteiger partial charge in [0.25, 0.3) is 0 Å². The van der Waals surface area contributed by atoms with Crippen molar-refractivity contribution >= 4 is 27.5 Å². The highest BCUT2D eigenvalue weighted by atomic mass is 32.2. The monoisotopic (exact) mass is 582 g/mol. The van der Waals surface area contributed by atoms with E-state index in [1.165, 1.54) is 10.6 Å². The number of hydrogen-bond donors (Lipinski definition) is 0. The van der Waals surface area contributed by atoms with Crippen LogP contribution in [-0.2, 0) is 36.4 Å². The first-order chi connectivity index (χ1) is 19.6. The molecule has 1 atom stereocenters. The number of nitrogens with zero attached hydrogens (tertiary/aromatic N) is 4. The van der Waals surface area contributed by atoms with Crippen LogP contribution in [-0.4, -0.2) is 99.6 Å². The van der Waals surface area contributed by atoms with Crippen LogP contribution in [0.4, 0.5) is 5.69 Å². The Morgan fingerprint density at radius 1 is 1.00 bits per heavy atom. The van der Waals surface area contributed by atoms with E-state index in [9.17, 15) is 18.0 Å². The topological polar surface area (TPSA) is 90.5 Å². The second-order valence-corrected chi connectivity index (χ2v) is 13.8. The van der Waals surface area contributed by atoms with E-state index < -0.39 is 16.1 Å². The Balaban J connectivity index is 1.34. The van der Waals surface area contributed by atoms with Crippen LogP contribution in [0.25, 0.3) is 0 Å². The Morgan fingerprint density at radius 2 is 1.63 bits per heavy atom. The molecule has 3 heterocycles. The van der Waals surface area contributed by atoms with E-state index in [-0.39, 0.29) is 29.9 Å². The van der Waals surface area contributed by atoms with Crippen LogP contribution in [0.5, 0.6) is 0 Å². The van der Waals surface area contributed by atoms with Gasteiger partial charge in [-0.05, 0) is 63.0 Å². The number of fused-ring (bicyclic) bond motifs is 2. The highest BCUT2D eigenvalue weighted by Gasteiger charge is 2.48. The fourth-order valence-electron chi connectivity index (χ4n) is 6.81. The van der Waals surface area contributed by atoms with E-state index >= 15 is 0 Å². The number of benzene rings is 2. The van der Waals surface area contributed by atoms with Crippen LogP contribution in [0.3, 0.4) is 0 Å². The van der Waals surface area contributed by atoms with Crippen molar-refractivity contribution in [1.82, 2.24) is 14.7 Å². The third kappa shape index (κ3) is 6.29. The number of hydrogen-bond acceptors (Lipinski definition) is 6. The lowest BCUT2D eigenvalue weighted by Gasteiger charge is -2.44. The molecule has 2 aromatic carbocycles. The standard InChI is InChI=1S/C31H42N4O5S/c1-24(36)35(26-13-17-32(2)18-14-26)29(22-40-21-25-9-5-4-6-10-25)30(37)33-19-15-31(16-20-33)23-34(41(3,38)39)28-12-8-7-11-27(28)31/h4-12,26,29H,13-23H2,1-3H3/t29-/m1/s1. The van der Waals surface area contributed by atoms with Gasteiger partial charge in [-0.15, -0.1) is 0 Å². The minimum atomic E-state index is -3.42. The number of para-hydroxylation sites is 1. The van der Waals surface area contributed by atoms with Gasteiger partial charge in [-0.25, -0.2) is 8.42 Å². The molecule has 0 N–H and O–H groups in total. The Morgan fingerprint density at radius 3 is 2.27 bits per heavy atom. The van der Waals surface area contributed by atoms with Crippen molar-refractivity contribution in [3.63, 3.8) is 0 Å². The molecule has 3 aliphatic rings. The van der Waals surface area contributed by atoms with Gasteiger partial charge in [0, 0.05) is 38.0 Å². The second kappa shape index (κ2) is 12.1. The average molecular weight is 583 g/mol. The molecule has 0 bridgehead atoms. The van der Waals surface area contributed by atoms with Crippen molar-refractivity contribution < 1.29 is 22.7 Å². The van der Waals surface area contributed by atoms with Gasteiger partial charge in [0.05, 0.1) is 25.2 Å². The molecule has 2 amide bonds. The van der Waals surface area contributed by atoms with E-state index in [4.69, 9.17) is 4.74 Å². The summed E-state index contributed by atoms with van der Waals surface area (Å²) in [6.45, 7) is 5.20. The van der Waals surface area contributed by atoms with E-state index in [0.717, 1.165) is 42.7 Å². The molecule has 10 heteroatoms. The van der Waals surface area contributed by atoms with Gasteiger partial charge >= 0.3 is 0 Å². The molecule has 5 rings (SSSR count). The normalized spacial score (nSPS) is 20.2. The maximum absolute atomic E-state index is 14.2. The number of carbonyl (C=O) groups is 2. The lowest BCUT2D eigenvalue weighted by Crippen LogP contribution is -2.59. The fourth-order valence-corrected chi connectivity index (χ4v) is 7.81. The number of carbonyl (C=O) groups excluding carboxylic acids is 2. The molecule has 2 saturated heterocycles. The van der Waals surface area contributed by atoms with Crippen molar-refractivity contribution in [2.24, 2.45) is 0 Å². The quantitative estimate of drug-likeness (QED) is 0.476. The maximum atomic E-state index is 14.2. The highest BCUT2D eigenvalue weighted by molar-refractivity contribution is 7.92. The van der Waals surface area contributed by atoms with Crippen LogP contribution < -0.4 is 4.31 Å². The Labute approximate surface area is 244 Å². The third-order valence-corrected chi connectivity index (χ3v) is 10.2. The molecular weight excluding hydrogens is 540 g/mol. The summed E-state index contributed by atoms with van der Waals surface area (Å²) in [6.07, 6.45) is 4.21. The van der Waals surface area contributed by atoms with Crippen molar-refractivity contribution in [2.45, 2.75) is 56.7 Å². The maximum Gasteiger partial charge on any atom is 0.247 e. The van der Waals surface area contributed by atoms with E-state index in [1.807, 2.05) is 59.5 Å². The lowest BCUT2D eigenvalue weighted by molar-refractivity contribution is -0.152. The summed E-state index contributed by atoms with van der Waals surface area (Å²) in [4.78, 5) is 33.2. The first-order valence-electron chi connectivity index (χ1n) is 14.5. The summed E-state index contributed by atoms with van der Waals surface area (Å²) in [6, 6.07) is 16.8. The molecular formula is C31H42N4O5S. The van der Waals surface area contributed by atoms with Crippen LogP contribution in [0, 0.1) is 0 Å². The smallest absolute Gasteiger partial charge is 0.247 e. The molecule has 0 aliphatic carbocycles. The summed E-state index contributed by atoms with van der Waals surface area (Å²) in [5.74, 6) is -0.198. The van der Waals surface area contributed by atoms with Crippen molar-refractivity contribution in [2.75, 3.05) is 56.9 Å². The molecule has 9 nitrogen and oxygen atoms in total. The van der Waals surface area contributed by atoms with Gasteiger partial charge in [-0.1, -0.05) is 48.5 Å². The SMILES string of the molecule is CC(=O)N(C1CCN(C)CC1)[C@H](COCc1ccccc1)C(=O)N1CCC2(CC1)CN(S(C)(=O)=O)c1ccccc12. The van der Waals surface area contributed by atoms with E-state index in [0.29, 0.717) is 39.1 Å². The van der Waals surface area contributed by atoms with Gasteiger partial charge in [0.2, 0.25) is 21.8 Å². The first-order valence-corrected chi connectivity index (χ1v) is 16.4. The summed E-state index contributed by atoms with van der Waals surface area (Å²) >= 11 is 0. The highest BCUT2D eigenvalue weighted by Crippen LogP contribution is 2.47. The second-order valence-electron chi connectivity index (χ2n) is 11.9. The van der Waals surface area contributed by atoms with Crippen LogP contribution >= 0.6 is 0 Å². The molecule has 0 radical (unpaired) electrons. The summed E-state index contributed by atoms with van der Waals surface area (Å²) in [5, 5.41) is 0. The molecule has 222 valence electrons. The number of likely N-dealkylation sites (tertiary alicyclic amines) is 2. The summed E-state index contributed by atoms with van der Waals surface area (Å²) < 4.78 is 32.8. The van der Waals surface area contributed by atoms with Crippen LogP contribution in [0.1, 0.15) is 43.7 Å². The minimum Gasteiger partial charge on any atom is -0.374 e. The van der Waals surface area contributed by atoms with E-state index in [2.05, 4.69) is 11.9 Å². The predicted molar refractivity (Wildman–Crippen MR) is 159 cm³/mol. The van der Waals surface area contributed by atoms with Gasteiger partial charge in [-0.3, -0.25) is 13.9 Å². The van der Waals surface area contributed by atoms with Crippen molar-refractivity contribution in [1.29, 1.82) is 0 Å². The lowest BCUT2D eigenvalue weighted by atomic mass is 9.74. The number of amides is 2. The zero-order valence-corrected chi connectivity index (χ0v) is 25.2. The third-order valence-electron chi connectivity index (χ3n) is 9.08. The first kappa shape index (κ1) is 29.5. The van der Waals surface area contributed by atoms with Gasteiger partial charge in [-0.2, -0.15) is 0 Å². The molecule has 41 heavy (non-hydrogen) atoms. The van der Waals surface area contributed by atoms with Crippen molar-refractivity contribution in [3.8, 4) is 0 Å². The van der Waals surface area contributed by atoms with Gasteiger partial charge < -0.3 is 19.4 Å². The zero-order chi connectivity index (χ0) is 29.2. The molecule has 1 spiro atoms. The molecule has 0 aromatic heterocycles. The molecule has 3 aliphatic heterocycles. The molecule has 2 aromatic rings. The number of anilines is 1. The van der Waals surface area contributed by atoms with Gasteiger partial charge in [0.15, 0.2) is 0 Å². The van der Waals surface area contributed by atoms with Crippen LogP contribution in [0.15, 0.2) is 54.6 Å². The number of rotatable bonds is 8. The molecule has 2 fully saturated rings. The van der Waals surface area contributed by atoms with Crippen LogP contribution in [0.2, 0.25) is 0 Å². The zero-order valence-electron chi connectivity index (χ0n) is 24.4. The van der Waals surface area contributed by atoms with Gasteiger partial charge in [0.1, 0.15) is 6.04 Å². The van der Waals surface area contributed by atoms with Crippen molar-refractivity contribution in [3.05, 3.63) is 65.7 Å². The summed E-state index contributed by atoms with van der Waals surface area (Å²) in [5.41, 5.74) is 2.47. The number of piperidine rings is 2. The Bertz CT molecular complexity index is 1340. The molecule has 0 unspecified atom stereocenters. The molecule has 0 saturated carbocycles. The predicted octanol–water partition coefficient (Wildman–Crippen LogP) is 2.85. The Hall–Kier alpha value is -2.95. The minimum absolute atomic E-state index is 0.0147.